The minimum absolute atomic E-state index is 0.0440. The summed E-state index contributed by atoms with van der Waals surface area (Å²) in [4.78, 5) is 18.8. The summed E-state index contributed by atoms with van der Waals surface area (Å²) >= 11 is 0. The van der Waals surface area contributed by atoms with E-state index in [2.05, 4.69) is 25.4 Å². The Morgan fingerprint density at radius 3 is 3.00 bits per heavy atom. The maximum Gasteiger partial charge on any atom is 0.266 e. The Morgan fingerprint density at radius 1 is 1.19 bits per heavy atom. The molecule has 1 saturated heterocycles. The monoisotopic (exact) mass is 367 g/mol. The molecule has 1 unspecified atom stereocenters. The van der Waals surface area contributed by atoms with Crippen LogP contribution >= 0.6 is 0 Å². The van der Waals surface area contributed by atoms with Crippen molar-refractivity contribution in [1.82, 2.24) is 29.3 Å². The highest BCUT2D eigenvalue weighted by molar-refractivity contribution is 5.48. The first kappa shape index (κ1) is 17.7. The third-order valence-electron chi connectivity index (χ3n) is 5.14. The second kappa shape index (κ2) is 7.87. The van der Waals surface area contributed by atoms with Crippen LogP contribution in [0.15, 0.2) is 41.5 Å². The van der Waals surface area contributed by atoms with Crippen LogP contribution in [0.1, 0.15) is 25.0 Å². The van der Waals surface area contributed by atoms with Crippen molar-refractivity contribution in [3.05, 3.63) is 52.7 Å². The average molecular weight is 367 g/mol. The zero-order valence-corrected chi connectivity index (χ0v) is 15.6. The maximum absolute atomic E-state index is 11.9. The largest absolute Gasteiger partial charge is 0.368 e. The molecule has 0 aliphatic carbocycles. The third kappa shape index (κ3) is 4.00. The Hall–Kier alpha value is -2.74. The molecule has 4 rings (SSSR count). The molecule has 27 heavy (non-hydrogen) atoms. The second-order valence-corrected chi connectivity index (χ2v) is 7.04. The fourth-order valence-electron chi connectivity index (χ4n) is 3.75. The Labute approximate surface area is 157 Å². The number of likely N-dealkylation sites (tertiary alicyclic amines) is 1. The molecule has 8 nitrogen and oxygen atoms in total. The van der Waals surface area contributed by atoms with E-state index in [0.29, 0.717) is 12.6 Å². The van der Waals surface area contributed by atoms with E-state index < -0.39 is 0 Å². The summed E-state index contributed by atoms with van der Waals surface area (Å²) in [6, 6.07) is 7.61. The molecule has 0 spiro atoms. The molecule has 1 aliphatic rings. The highest BCUT2D eigenvalue weighted by Crippen LogP contribution is 2.18. The normalized spacial score (nSPS) is 18.0. The number of rotatable bonds is 6. The topological polar surface area (TPSA) is 80.4 Å². The van der Waals surface area contributed by atoms with E-state index in [4.69, 9.17) is 0 Å². The first-order valence-corrected chi connectivity index (χ1v) is 9.52. The van der Waals surface area contributed by atoms with Crippen molar-refractivity contribution in [2.24, 2.45) is 0 Å². The zero-order chi connectivity index (χ0) is 18.6. The minimum Gasteiger partial charge on any atom is -0.368 e. The molecular weight excluding hydrogens is 342 g/mol. The van der Waals surface area contributed by atoms with Gasteiger partial charge in [-0.3, -0.25) is 9.69 Å². The van der Waals surface area contributed by atoms with Gasteiger partial charge in [-0.25, -0.2) is 9.67 Å². The summed E-state index contributed by atoms with van der Waals surface area (Å²) in [7, 11) is 0. The fraction of sp³-hybridized carbons (Fsp3) is 0.474. The quantitative estimate of drug-likeness (QED) is 0.712. The molecule has 3 aromatic heterocycles. The van der Waals surface area contributed by atoms with Crippen LogP contribution in [0.3, 0.4) is 0 Å². The van der Waals surface area contributed by atoms with E-state index in [1.165, 1.54) is 12.8 Å². The van der Waals surface area contributed by atoms with Gasteiger partial charge in [-0.2, -0.15) is 14.7 Å². The first-order valence-electron chi connectivity index (χ1n) is 9.52. The summed E-state index contributed by atoms with van der Waals surface area (Å²) in [6.45, 7) is 5.34. The number of aromatic nitrogens is 5. The summed E-state index contributed by atoms with van der Waals surface area (Å²) in [5.41, 5.74) is 1.78. The minimum atomic E-state index is -0.0440. The number of nitrogens with zero attached hydrogens (tertiary/aromatic N) is 6. The molecule has 1 aliphatic heterocycles. The molecule has 1 atom stereocenters. The van der Waals surface area contributed by atoms with Crippen LogP contribution in [0, 0.1) is 6.92 Å². The van der Waals surface area contributed by atoms with Crippen molar-refractivity contribution in [1.29, 1.82) is 0 Å². The lowest BCUT2D eigenvalue weighted by Crippen LogP contribution is -2.45. The lowest BCUT2D eigenvalue weighted by atomic mass is 10.0. The molecule has 0 bridgehead atoms. The summed E-state index contributed by atoms with van der Waals surface area (Å²) in [6.07, 6.45) is 7.02. The van der Waals surface area contributed by atoms with E-state index >= 15 is 0 Å². The smallest absolute Gasteiger partial charge is 0.266 e. The van der Waals surface area contributed by atoms with Gasteiger partial charge in [0.2, 0.25) is 0 Å². The number of aryl methyl sites for hydroxylation is 1. The van der Waals surface area contributed by atoms with Gasteiger partial charge in [0.15, 0.2) is 5.65 Å². The highest BCUT2D eigenvalue weighted by Gasteiger charge is 2.22. The summed E-state index contributed by atoms with van der Waals surface area (Å²) in [5.74, 6) is 0.967. The predicted octanol–water partition coefficient (Wildman–Crippen LogP) is 1.56. The lowest BCUT2D eigenvalue weighted by molar-refractivity contribution is 0.148. The van der Waals surface area contributed by atoms with Crippen molar-refractivity contribution in [3.8, 4) is 0 Å². The number of nitrogens with one attached hydrogen (secondary N) is 1. The van der Waals surface area contributed by atoms with Crippen LogP contribution in [0.4, 0.5) is 5.82 Å². The van der Waals surface area contributed by atoms with Crippen molar-refractivity contribution >= 4 is 11.5 Å². The van der Waals surface area contributed by atoms with Gasteiger partial charge in [-0.1, -0.05) is 6.42 Å². The van der Waals surface area contributed by atoms with Crippen molar-refractivity contribution < 1.29 is 0 Å². The molecule has 0 radical (unpaired) electrons. The molecule has 8 heteroatoms. The van der Waals surface area contributed by atoms with Crippen molar-refractivity contribution in [2.75, 3.05) is 25.0 Å². The van der Waals surface area contributed by atoms with Crippen LogP contribution in [0.5, 0.6) is 0 Å². The zero-order valence-electron chi connectivity index (χ0n) is 15.6. The van der Waals surface area contributed by atoms with Crippen LogP contribution < -0.4 is 10.9 Å². The summed E-state index contributed by atoms with van der Waals surface area (Å²) in [5, 5.41) is 12.1. The molecule has 0 saturated carbocycles. The van der Waals surface area contributed by atoms with E-state index in [-0.39, 0.29) is 5.56 Å². The van der Waals surface area contributed by atoms with Gasteiger partial charge >= 0.3 is 0 Å². The van der Waals surface area contributed by atoms with Crippen molar-refractivity contribution in [3.63, 3.8) is 0 Å². The van der Waals surface area contributed by atoms with Gasteiger partial charge in [0.05, 0.1) is 12.7 Å². The van der Waals surface area contributed by atoms with Gasteiger partial charge in [0, 0.05) is 49.2 Å². The Bertz CT molecular complexity index is 964. The van der Waals surface area contributed by atoms with Gasteiger partial charge < -0.3 is 5.32 Å². The number of anilines is 1. The SMILES string of the molecule is Cc1cc(NCC2CCCCN2CCn2ncccc2=O)n2nccc2n1. The first-order chi connectivity index (χ1) is 13.2. The lowest BCUT2D eigenvalue weighted by Gasteiger charge is -2.36. The van der Waals surface area contributed by atoms with Crippen molar-refractivity contribution in [2.45, 2.75) is 38.8 Å². The predicted molar refractivity (Wildman–Crippen MR) is 104 cm³/mol. The fourth-order valence-corrected chi connectivity index (χ4v) is 3.75. The molecule has 3 aromatic rings. The number of piperidine rings is 1. The van der Waals surface area contributed by atoms with Gasteiger partial charge in [0.1, 0.15) is 5.82 Å². The molecular formula is C19H25N7O. The Kier molecular flexibility index (Phi) is 5.15. The van der Waals surface area contributed by atoms with E-state index in [1.807, 2.05) is 23.6 Å². The number of hydrogen-bond donors (Lipinski definition) is 1. The van der Waals surface area contributed by atoms with Crippen LogP contribution in [-0.2, 0) is 6.54 Å². The molecule has 1 N–H and O–H groups in total. The highest BCUT2D eigenvalue weighted by atomic mass is 16.1. The maximum atomic E-state index is 11.9. The molecule has 4 heterocycles. The molecule has 1 fully saturated rings. The standard InChI is InChI=1S/C19H25N7O/c1-15-13-18(26-17(23-15)7-9-22-26)20-14-16-5-2-3-10-24(16)11-12-25-19(27)6-4-8-21-25/h4,6-9,13,16,20H,2-3,5,10-12,14H2,1H3. The average Bonchev–Trinajstić information content (AvgIpc) is 3.14. The van der Waals surface area contributed by atoms with Gasteiger partial charge in [0.25, 0.3) is 5.56 Å². The van der Waals surface area contributed by atoms with E-state index in [1.54, 1.807) is 29.2 Å². The second-order valence-electron chi connectivity index (χ2n) is 7.04. The Morgan fingerprint density at radius 2 is 2.11 bits per heavy atom. The number of fused-ring (bicyclic) bond motifs is 1. The molecule has 0 aromatic carbocycles. The summed E-state index contributed by atoms with van der Waals surface area (Å²) < 4.78 is 3.38. The van der Waals surface area contributed by atoms with E-state index in [9.17, 15) is 4.79 Å². The third-order valence-corrected chi connectivity index (χ3v) is 5.14. The van der Waals surface area contributed by atoms with E-state index in [0.717, 1.165) is 43.2 Å². The number of hydrogen-bond acceptors (Lipinski definition) is 6. The molecule has 142 valence electrons. The van der Waals surface area contributed by atoms with Crippen LogP contribution in [-0.4, -0.2) is 55.0 Å². The van der Waals surface area contributed by atoms with Gasteiger partial charge in [-0.15, -0.1) is 0 Å². The van der Waals surface area contributed by atoms with Crippen LogP contribution in [0.2, 0.25) is 0 Å². The molecule has 0 amide bonds. The van der Waals surface area contributed by atoms with Crippen LogP contribution in [0.25, 0.3) is 5.65 Å². The van der Waals surface area contributed by atoms with Gasteiger partial charge in [-0.05, 0) is 32.4 Å². The Balaban J connectivity index is 1.42.